The number of carbonyl (C=O) groups excluding carboxylic acids is 1. The lowest BCUT2D eigenvalue weighted by Crippen LogP contribution is -2.60. The highest BCUT2D eigenvalue weighted by atomic mass is 16.2. The van der Waals surface area contributed by atoms with E-state index >= 15 is 0 Å². The van der Waals surface area contributed by atoms with Gasteiger partial charge in [0.15, 0.2) is 0 Å². The van der Waals surface area contributed by atoms with E-state index in [0.29, 0.717) is 0 Å². The lowest BCUT2D eigenvalue weighted by atomic mass is 9.93. The Hall–Kier alpha value is -0.650. The molecule has 0 aromatic carbocycles. The molecule has 5 heteroatoms. The number of hydrogen-bond acceptors (Lipinski definition) is 4. The minimum absolute atomic E-state index is 0.0819. The molecule has 3 rings (SSSR count). The van der Waals surface area contributed by atoms with Crippen LogP contribution in [0.2, 0.25) is 0 Å². The number of carbonyl (C=O) groups is 1. The van der Waals surface area contributed by atoms with E-state index in [2.05, 4.69) is 34.1 Å². The van der Waals surface area contributed by atoms with E-state index in [-0.39, 0.29) is 17.5 Å². The summed E-state index contributed by atoms with van der Waals surface area (Å²) in [5.74, 6) is 0.264. The van der Waals surface area contributed by atoms with Crippen LogP contribution in [0.4, 0.5) is 0 Å². The van der Waals surface area contributed by atoms with Crippen LogP contribution >= 0.6 is 0 Å². The van der Waals surface area contributed by atoms with Gasteiger partial charge in [-0.2, -0.15) is 0 Å². The average Bonchev–Trinajstić information content (AvgIpc) is 2.96. The predicted octanol–water partition coefficient (Wildman–Crippen LogP) is 1.54. The summed E-state index contributed by atoms with van der Waals surface area (Å²) in [6, 6.07) is 0.0819. The summed E-state index contributed by atoms with van der Waals surface area (Å²) in [6.45, 7) is 6.51. The number of rotatable bonds is 4. The van der Waals surface area contributed by atoms with Crippen LogP contribution in [0.1, 0.15) is 51.4 Å². The van der Waals surface area contributed by atoms with Crippen molar-refractivity contribution in [3.8, 4) is 0 Å². The summed E-state index contributed by atoms with van der Waals surface area (Å²) in [7, 11) is 4.32. The van der Waals surface area contributed by atoms with Gasteiger partial charge in [-0.05, 0) is 46.3 Å². The highest BCUT2D eigenvalue weighted by molar-refractivity contribution is 5.81. The van der Waals surface area contributed by atoms with Crippen molar-refractivity contribution in [2.45, 2.75) is 62.9 Å². The van der Waals surface area contributed by atoms with Crippen molar-refractivity contribution in [3.63, 3.8) is 0 Å². The normalized spacial score (nSPS) is 30.2. The summed E-state index contributed by atoms with van der Waals surface area (Å²) in [4.78, 5) is 20.2. The molecule has 1 unspecified atom stereocenters. The first-order valence-electron chi connectivity index (χ1n) is 10.0. The van der Waals surface area contributed by atoms with Crippen LogP contribution in [0.25, 0.3) is 0 Å². The first kappa shape index (κ1) is 18.2. The molecule has 2 saturated heterocycles. The van der Waals surface area contributed by atoms with Gasteiger partial charge < -0.3 is 10.2 Å². The lowest BCUT2D eigenvalue weighted by molar-refractivity contribution is -0.126. The monoisotopic (exact) mass is 336 g/mol. The third kappa shape index (κ3) is 4.12. The smallest absolute Gasteiger partial charge is 0.237 e. The van der Waals surface area contributed by atoms with Gasteiger partial charge in [-0.15, -0.1) is 0 Å². The second-order valence-corrected chi connectivity index (χ2v) is 8.29. The molecular formula is C19H36N4O. The number of likely N-dealkylation sites (tertiary alicyclic amines) is 1. The van der Waals surface area contributed by atoms with E-state index in [9.17, 15) is 4.79 Å². The van der Waals surface area contributed by atoms with Gasteiger partial charge in [0.1, 0.15) is 0 Å². The Morgan fingerprint density at radius 1 is 0.958 bits per heavy atom. The number of piperazine rings is 1. The maximum absolute atomic E-state index is 12.8. The molecule has 1 aliphatic carbocycles. The van der Waals surface area contributed by atoms with E-state index in [1.165, 1.54) is 44.9 Å². The van der Waals surface area contributed by atoms with Crippen molar-refractivity contribution in [1.82, 2.24) is 20.0 Å². The molecule has 5 nitrogen and oxygen atoms in total. The molecule has 3 aliphatic rings. The Balaban J connectivity index is 1.58. The molecule has 138 valence electrons. The van der Waals surface area contributed by atoms with Gasteiger partial charge in [-0.1, -0.05) is 25.7 Å². The van der Waals surface area contributed by atoms with Gasteiger partial charge in [0.2, 0.25) is 5.91 Å². The fourth-order valence-corrected chi connectivity index (χ4v) is 4.87. The minimum atomic E-state index is 0.0819. The molecule has 1 saturated carbocycles. The third-order valence-electron chi connectivity index (χ3n) is 6.62. The Kier molecular flexibility index (Phi) is 6.17. The van der Waals surface area contributed by atoms with Gasteiger partial charge >= 0.3 is 0 Å². The number of amides is 1. The molecule has 3 fully saturated rings. The largest absolute Gasteiger partial charge is 0.353 e. The molecule has 0 aromatic rings. The number of likely N-dealkylation sites (N-methyl/N-ethyl adjacent to an activating group) is 2. The highest BCUT2D eigenvalue weighted by Gasteiger charge is 2.41. The summed E-state index contributed by atoms with van der Waals surface area (Å²) < 4.78 is 0. The molecular weight excluding hydrogens is 300 g/mol. The van der Waals surface area contributed by atoms with E-state index < -0.39 is 0 Å². The molecule has 2 heterocycles. The summed E-state index contributed by atoms with van der Waals surface area (Å²) in [5, 5.41) is 3.37. The standard InChI is InChI=1S/C19H36N4O/c1-21-12-14-23(15-13-21)19(9-5-6-10-19)16-20-18(24)17-8-4-3-7-11-22(17)2/h17H,3-16H2,1-2H3,(H,20,24). The van der Waals surface area contributed by atoms with Crippen molar-refractivity contribution in [2.24, 2.45) is 0 Å². The molecule has 0 spiro atoms. The van der Waals surface area contributed by atoms with Gasteiger partial charge in [-0.25, -0.2) is 0 Å². The quantitative estimate of drug-likeness (QED) is 0.845. The van der Waals surface area contributed by atoms with Crippen LogP contribution in [0.3, 0.4) is 0 Å². The van der Waals surface area contributed by atoms with Crippen molar-refractivity contribution in [1.29, 1.82) is 0 Å². The second kappa shape index (κ2) is 8.15. The Morgan fingerprint density at radius 3 is 2.38 bits per heavy atom. The second-order valence-electron chi connectivity index (χ2n) is 8.29. The van der Waals surface area contributed by atoms with E-state index in [1.807, 2.05) is 0 Å². The fraction of sp³-hybridized carbons (Fsp3) is 0.947. The van der Waals surface area contributed by atoms with Crippen LogP contribution in [-0.4, -0.2) is 85.6 Å². The Bertz CT molecular complexity index is 414. The first-order valence-corrected chi connectivity index (χ1v) is 10.0. The highest BCUT2D eigenvalue weighted by Crippen LogP contribution is 2.35. The molecule has 24 heavy (non-hydrogen) atoms. The van der Waals surface area contributed by atoms with Crippen LogP contribution in [0.5, 0.6) is 0 Å². The summed E-state index contributed by atoms with van der Waals surface area (Å²) >= 11 is 0. The Labute approximate surface area is 147 Å². The molecule has 1 amide bonds. The molecule has 0 bridgehead atoms. The van der Waals surface area contributed by atoms with E-state index in [0.717, 1.165) is 45.7 Å². The van der Waals surface area contributed by atoms with Crippen molar-refractivity contribution < 1.29 is 4.79 Å². The first-order chi connectivity index (χ1) is 11.6. The van der Waals surface area contributed by atoms with Crippen LogP contribution in [0.15, 0.2) is 0 Å². The summed E-state index contributed by atoms with van der Waals surface area (Å²) in [6.07, 6.45) is 9.81. The summed E-state index contributed by atoms with van der Waals surface area (Å²) in [5.41, 5.74) is 0.222. The maximum Gasteiger partial charge on any atom is 0.237 e. The zero-order chi connectivity index (χ0) is 17.0. The lowest BCUT2D eigenvalue weighted by Gasteiger charge is -2.45. The Morgan fingerprint density at radius 2 is 1.67 bits per heavy atom. The number of hydrogen-bond donors (Lipinski definition) is 1. The van der Waals surface area contributed by atoms with Gasteiger partial charge in [0.05, 0.1) is 6.04 Å². The maximum atomic E-state index is 12.8. The number of nitrogens with one attached hydrogen (secondary N) is 1. The van der Waals surface area contributed by atoms with Crippen LogP contribution in [0, 0.1) is 0 Å². The number of nitrogens with zero attached hydrogens (tertiary/aromatic N) is 3. The minimum Gasteiger partial charge on any atom is -0.353 e. The van der Waals surface area contributed by atoms with Crippen LogP contribution in [-0.2, 0) is 4.79 Å². The van der Waals surface area contributed by atoms with Gasteiger partial charge in [-0.3, -0.25) is 14.6 Å². The van der Waals surface area contributed by atoms with Gasteiger partial charge in [0, 0.05) is 38.3 Å². The van der Waals surface area contributed by atoms with Crippen LogP contribution < -0.4 is 5.32 Å². The molecule has 0 aromatic heterocycles. The molecule has 0 radical (unpaired) electrons. The molecule has 1 atom stereocenters. The van der Waals surface area contributed by atoms with E-state index in [4.69, 9.17) is 0 Å². The van der Waals surface area contributed by atoms with Crippen molar-refractivity contribution in [2.75, 3.05) is 53.4 Å². The molecule has 2 aliphatic heterocycles. The zero-order valence-electron chi connectivity index (χ0n) is 15.7. The van der Waals surface area contributed by atoms with Gasteiger partial charge in [0.25, 0.3) is 0 Å². The third-order valence-corrected chi connectivity index (χ3v) is 6.62. The van der Waals surface area contributed by atoms with E-state index in [1.54, 1.807) is 0 Å². The average molecular weight is 337 g/mol. The predicted molar refractivity (Wildman–Crippen MR) is 98.2 cm³/mol. The van der Waals surface area contributed by atoms with Crippen molar-refractivity contribution >= 4 is 5.91 Å². The fourth-order valence-electron chi connectivity index (χ4n) is 4.87. The molecule has 1 N–H and O–H groups in total. The SMILES string of the molecule is CN1CCN(C2(CNC(=O)C3CCCCCN3C)CCCC2)CC1. The van der Waals surface area contributed by atoms with Crippen molar-refractivity contribution in [3.05, 3.63) is 0 Å². The topological polar surface area (TPSA) is 38.8 Å². The zero-order valence-corrected chi connectivity index (χ0v) is 15.7.